The Morgan fingerprint density at radius 2 is 2.19 bits per heavy atom. The van der Waals surface area contributed by atoms with Crippen molar-refractivity contribution in [1.29, 1.82) is 0 Å². The van der Waals surface area contributed by atoms with Gasteiger partial charge in [-0.05, 0) is 23.6 Å². The van der Waals surface area contributed by atoms with Crippen LogP contribution in [0, 0.1) is 0 Å². The predicted octanol–water partition coefficient (Wildman–Crippen LogP) is 2.60. The molecule has 1 N–H and O–H groups in total. The van der Waals surface area contributed by atoms with Crippen LogP contribution < -0.4 is 5.32 Å². The minimum atomic E-state index is -3.59. The molecule has 1 aliphatic rings. The van der Waals surface area contributed by atoms with Gasteiger partial charge in [0.15, 0.2) is 5.13 Å². The number of carbonyl (C=O) groups excluding carboxylic acids is 1. The molecule has 4 heterocycles. The first kappa shape index (κ1) is 17.3. The highest BCUT2D eigenvalue weighted by Crippen LogP contribution is 2.31. The number of aromatic nitrogens is 2. The lowest BCUT2D eigenvalue weighted by molar-refractivity contribution is 0.102. The van der Waals surface area contributed by atoms with E-state index in [4.69, 9.17) is 0 Å². The molecular formula is C16H14N4O3S3. The number of thiazole rings is 1. The van der Waals surface area contributed by atoms with Crippen LogP contribution in [0.25, 0.3) is 0 Å². The van der Waals surface area contributed by atoms with Crippen molar-refractivity contribution in [1.82, 2.24) is 14.3 Å². The van der Waals surface area contributed by atoms with Gasteiger partial charge in [0.1, 0.15) is 4.90 Å². The third-order valence-electron chi connectivity index (χ3n) is 3.97. The zero-order valence-corrected chi connectivity index (χ0v) is 15.9. The van der Waals surface area contributed by atoms with Gasteiger partial charge in [0, 0.05) is 35.6 Å². The number of fused-ring (bicyclic) bond motifs is 1. The van der Waals surface area contributed by atoms with E-state index in [-0.39, 0.29) is 17.3 Å². The van der Waals surface area contributed by atoms with Gasteiger partial charge in [0.25, 0.3) is 5.91 Å². The number of hydrogen-bond donors (Lipinski definition) is 1. The summed E-state index contributed by atoms with van der Waals surface area (Å²) in [5.74, 6) is -0.211. The fraction of sp³-hybridized carbons (Fsp3) is 0.188. The summed E-state index contributed by atoms with van der Waals surface area (Å²) in [4.78, 5) is 21.5. The first-order valence-corrected chi connectivity index (χ1v) is 11.0. The number of rotatable bonds is 4. The van der Waals surface area contributed by atoms with E-state index >= 15 is 0 Å². The first-order valence-electron chi connectivity index (χ1n) is 7.76. The molecule has 0 saturated heterocycles. The summed E-state index contributed by atoms with van der Waals surface area (Å²) in [7, 11) is -3.59. The normalized spacial score (nSPS) is 14.8. The number of thiophene rings is 1. The second-order valence-electron chi connectivity index (χ2n) is 5.63. The van der Waals surface area contributed by atoms with Gasteiger partial charge in [-0.1, -0.05) is 0 Å². The Balaban J connectivity index is 1.53. The molecule has 1 aliphatic heterocycles. The van der Waals surface area contributed by atoms with Crippen LogP contribution in [0.3, 0.4) is 0 Å². The molecular weight excluding hydrogens is 392 g/mol. The Bertz CT molecular complexity index is 1030. The molecule has 3 aromatic heterocycles. The quantitative estimate of drug-likeness (QED) is 0.719. The maximum atomic E-state index is 12.7. The number of carbonyl (C=O) groups is 1. The van der Waals surface area contributed by atoms with Gasteiger partial charge in [-0.15, -0.1) is 11.3 Å². The highest BCUT2D eigenvalue weighted by molar-refractivity contribution is 7.89. The number of amides is 1. The molecule has 3 aromatic rings. The average molecular weight is 407 g/mol. The molecule has 1 amide bonds. The van der Waals surface area contributed by atoms with Gasteiger partial charge in [-0.25, -0.2) is 13.4 Å². The van der Waals surface area contributed by atoms with E-state index in [1.807, 2.05) is 5.38 Å². The number of pyridine rings is 1. The standard InChI is InChI=1S/C16H14N4O3S3/c21-15(11-4-7-24-10-11)19-16-18-13-3-6-20(9-14(13)25-16)26(22,23)12-2-1-5-17-8-12/h1-2,4-5,7-8,10H,3,6,9H2,(H,18,19,21). The summed E-state index contributed by atoms with van der Waals surface area (Å²) in [6, 6.07) is 4.89. The zero-order valence-electron chi connectivity index (χ0n) is 13.5. The van der Waals surface area contributed by atoms with E-state index in [9.17, 15) is 13.2 Å². The van der Waals surface area contributed by atoms with E-state index < -0.39 is 10.0 Å². The zero-order chi connectivity index (χ0) is 18.1. The topological polar surface area (TPSA) is 92.3 Å². The van der Waals surface area contributed by atoms with Crippen molar-refractivity contribution in [2.75, 3.05) is 11.9 Å². The fourth-order valence-corrected chi connectivity index (χ4v) is 5.75. The van der Waals surface area contributed by atoms with Crippen molar-refractivity contribution >= 4 is 43.7 Å². The number of sulfonamides is 1. The summed E-state index contributed by atoms with van der Waals surface area (Å²) in [6.45, 7) is 0.602. The highest BCUT2D eigenvalue weighted by atomic mass is 32.2. The monoisotopic (exact) mass is 406 g/mol. The molecule has 0 atom stereocenters. The Labute approximate surface area is 158 Å². The van der Waals surface area contributed by atoms with Crippen molar-refractivity contribution < 1.29 is 13.2 Å². The van der Waals surface area contributed by atoms with E-state index in [2.05, 4.69) is 15.3 Å². The van der Waals surface area contributed by atoms with Crippen molar-refractivity contribution in [3.63, 3.8) is 0 Å². The van der Waals surface area contributed by atoms with Crippen molar-refractivity contribution in [3.05, 3.63) is 57.5 Å². The molecule has 0 saturated carbocycles. The van der Waals surface area contributed by atoms with Crippen LogP contribution in [0.2, 0.25) is 0 Å². The third-order valence-corrected chi connectivity index (χ3v) is 7.48. The second-order valence-corrected chi connectivity index (χ2v) is 9.43. The van der Waals surface area contributed by atoms with Gasteiger partial charge in [0.2, 0.25) is 10.0 Å². The number of hydrogen-bond acceptors (Lipinski definition) is 7. The Morgan fingerprint density at radius 3 is 2.92 bits per heavy atom. The number of nitrogens with zero attached hydrogens (tertiary/aromatic N) is 3. The molecule has 7 nitrogen and oxygen atoms in total. The smallest absolute Gasteiger partial charge is 0.258 e. The van der Waals surface area contributed by atoms with Gasteiger partial charge in [-0.3, -0.25) is 15.1 Å². The molecule has 0 fully saturated rings. The number of nitrogens with one attached hydrogen (secondary N) is 1. The van der Waals surface area contributed by atoms with Gasteiger partial charge >= 0.3 is 0 Å². The van der Waals surface area contributed by atoms with Crippen LogP contribution in [0.1, 0.15) is 20.9 Å². The lowest BCUT2D eigenvalue weighted by Gasteiger charge is -2.25. The maximum Gasteiger partial charge on any atom is 0.258 e. The maximum absolute atomic E-state index is 12.7. The lowest BCUT2D eigenvalue weighted by Crippen LogP contribution is -2.35. The number of anilines is 1. The van der Waals surface area contributed by atoms with E-state index in [1.165, 1.54) is 39.2 Å². The van der Waals surface area contributed by atoms with Crippen molar-refractivity contribution in [2.24, 2.45) is 0 Å². The Kier molecular flexibility index (Phi) is 4.57. The lowest BCUT2D eigenvalue weighted by atomic mass is 10.2. The Morgan fingerprint density at radius 1 is 1.31 bits per heavy atom. The SMILES string of the molecule is O=C(Nc1nc2c(s1)CN(S(=O)(=O)c1cccnc1)CC2)c1ccsc1. The van der Waals surface area contributed by atoms with Crippen molar-refractivity contribution in [2.45, 2.75) is 17.9 Å². The van der Waals surface area contributed by atoms with Gasteiger partial charge < -0.3 is 0 Å². The molecule has 0 unspecified atom stereocenters. The molecule has 134 valence electrons. The largest absolute Gasteiger partial charge is 0.298 e. The van der Waals surface area contributed by atoms with Crippen LogP contribution in [-0.4, -0.2) is 35.1 Å². The van der Waals surface area contributed by atoms with E-state index in [0.717, 1.165) is 10.6 Å². The van der Waals surface area contributed by atoms with Gasteiger partial charge in [-0.2, -0.15) is 15.6 Å². The molecule has 0 radical (unpaired) electrons. The summed E-state index contributed by atoms with van der Waals surface area (Å²) >= 11 is 2.77. The Hall–Kier alpha value is -2.14. The predicted molar refractivity (Wildman–Crippen MR) is 99.9 cm³/mol. The van der Waals surface area contributed by atoms with Crippen LogP contribution in [-0.2, 0) is 23.0 Å². The third kappa shape index (κ3) is 3.28. The summed E-state index contributed by atoms with van der Waals surface area (Å²) in [6.07, 6.45) is 3.41. The molecule has 4 rings (SSSR count). The van der Waals surface area contributed by atoms with Crippen molar-refractivity contribution in [3.8, 4) is 0 Å². The summed E-state index contributed by atoms with van der Waals surface area (Å²) < 4.78 is 26.9. The van der Waals surface area contributed by atoms with Gasteiger partial charge in [0.05, 0.1) is 17.8 Å². The van der Waals surface area contributed by atoms with Crippen LogP contribution in [0.5, 0.6) is 0 Å². The minimum absolute atomic E-state index is 0.180. The van der Waals surface area contributed by atoms with Crippen LogP contribution in [0.15, 0.2) is 46.2 Å². The molecule has 0 bridgehead atoms. The molecule has 0 aliphatic carbocycles. The summed E-state index contributed by atoms with van der Waals surface area (Å²) in [5.41, 5.74) is 1.43. The molecule has 0 spiro atoms. The molecule has 26 heavy (non-hydrogen) atoms. The fourth-order valence-electron chi connectivity index (χ4n) is 2.64. The molecule has 0 aromatic carbocycles. The second kappa shape index (κ2) is 6.88. The van der Waals surface area contributed by atoms with E-state index in [0.29, 0.717) is 23.7 Å². The summed E-state index contributed by atoms with van der Waals surface area (Å²) in [5, 5.41) is 6.88. The first-order chi connectivity index (χ1) is 12.5. The molecule has 10 heteroatoms. The average Bonchev–Trinajstić information content (AvgIpc) is 3.31. The van der Waals surface area contributed by atoms with E-state index in [1.54, 1.807) is 23.7 Å². The minimum Gasteiger partial charge on any atom is -0.298 e. The highest BCUT2D eigenvalue weighted by Gasteiger charge is 2.30. The van der Waals surface area contributed by atoms with Crippen LogP contribution in [0.4, 0.5) is 5.13 Å². The van der Waals surface area contributed by atoms with Crippen LogP contribution >= 0.6 is 22.7 Å².